The Hall–Kier alpha value is -2.93. The molecular formula is C20H23N5O2. The quantitative estimate of drug-likeness (QED) is 0.771. The molecule has 2 aromatic heterocycles. The van der Waals surface area contributed by atoms with Crippen molar-refractivity contribution in [3.8, 4) is 11.3 Å². The van der Waals surface area contributed by atoms with Crippen LogP contribution in [-0.2, 0) is 11.3 Å². The summed E-state index contributed by atoms with van der Waals surface area (Å²) in [5.74, 6) is -0.0295. The van der Waals surface area contributed by atoms with Crippen LogP contribution in [-0.4, -0.2) is 56.6 Å². The Labute approximate surface area is 157 Å². The van der Waals surface area contributed by atoms with Crippen LogP contribution in [0.15, 0.2) is 48.8 Å². The monoisotopic (exact) mass is 365 g/mol. The zero-order valence-corrected chi connectivity index (χ0v) is 15.3. The lowest BCUT2D eigenvalue weighted by Crippen LogP contribution is -2.39. The third-order valence-corrected chi connectivity index (χ3v) is 4.86. The molecule has 7 nitrogen and oxygen atoms in total. The van der Waals surface area contributed by atoms with Crippen molar-refractivity contribution in [1.82, 2.24) is 24.9 Å². The molecule has 7 heteroatoms. The largest absolute Gasteiger partial charge is 0.374 e. The molecule has 140 valence electrons. The van der Waals surface area contributed by atoms with Crippen molar-refractivity contribution in [1.29, 1.82) is 0 Å². The molecule has 0 saturated carbocycles. The molecule has 1 aliphatic heterocycles. The first-order valence-corrected chi connectivity index (χ1v) is 9.21. The van der Waals surface area contributed by atoms with E-state index in [0.717, 1.165) is 23.2 Å². The Kier molecular flexibility index (Phi) is 5.02. The molecule has 1 amide bonds. The molecule has 1 saturated heterocycles. The Balaban J connectivity index is 1.52. The molecule has 1 atom stereocenters. The van der Waals surface area contributed by atoms with E-state index in [9.17, 15) is 4.79 Å². The van der Waals surface area contributed by atoms with E-state index >= 15 is 0 Å². The minimum atomic E-state index is -0.0758. The van der Waals surface area contributed by atoms with Crippen molar-refractivity contribution in [2.45, 2.75) is 26.0 Å². The summed E-state index contributed by atoms with van der Waals surface area (Å²) < 4.78 is 7.76. The molecule has 1 aliphatic rings. The van der Waals surface area contributed by atoms with E-state index in [1.807, 2.05) is 59.1 Å². The summed E-state index contributed by atoms with van der Waals surface area (Å²) in [5.41, 5.74) is 3.24. The van der Waals surface area contributed by atoms with Crippen molar-refractivity contribution in [2.24, 2.45) is 0 Å². The van der Waals surface area contributed by atoms with Gasteiger partial charge in [-0.25, -0.2) is 0 Å². The zero-order valence-electron chi connectivity index (χ0n) is 15.3. The third kappa shape index (κ3) is 3.78. The Bertz CT molecular complexity index is 889. The first-order chi connectivity index (χ1) is 13.2. The highest BCUT2D eigenvalue weighted by molar-refractivity contribution is 5.95. The van der Waals surface area contributed by atoms with Gasteiger partial charge in [0.25, 0.3) is 5.91 Å². The van der Waals surface area contributed by atoms with Crippen LogP contribution in [0.4, 0.5) is 0 Å². The molecule has 0 unspecified atom stereocenters. The number of amides is 1. The number of hydrogen-bond acceptors (Lipinski definition) is 4. The number of carbonyl (C=O) groups is 1. The highest BCUT2D eigenvalue weighted by atomic mass is 16.5. The standard InChI is InChI=1S/C20H23N5O2/c1-15-18(16-7-3-2-4-8-16)22-23-19(15)20(26)24-10-6-12-27-17(13-24)14-25-11-5-9-21-25/h2-5,7-9,11,17H,6,10,12-14H2,1H3,(H,22,23)/t17-/m0/s1. The van der Waals surface area contributed by atoms with Crippen molar-refractivity contribution in [3.05, 3.63) is 60.0 Å². The molecular weight excluding hydrogens is 342 g/mol. The zero-order chi connectivity index (χ0) is 18.6. The number of rotatable bonds is 4. The molecule has 3 heterocycles. The summed E-state index contributed by atoms with van der Waals surface area (Å²) in [6.45, 7) is 4.43. The van der Waals surface area contributed by atoms with E-state index in [-0.39, 0.29) is 12.0 Å². The van der Waals surface area contributed by atoms with Crippen LogP contribution in [0, 0.1) is 6.92 Å². The number of carbonyl (C=O) groups excluding carboxylic acids is 1. The van der Waals surface area contributed by atoms with Crippen LogP contribution in [0.2, 0.25) is 0 Å². The second kappa shape index (κ2) is 7.75. The molecule has 27 heavy (non-hydrogen) atoms. The molecule has 3 aromatic rings. The predicted molar refractivity (Wildman–Crippen MR) is 101 cm³/mol. The molecule has 1 N–H and O–H groups in total. The number of benzene rings is 1. The maximum Gasteiger partial charge on any atom is 0.272 e. The molecule has 0 radical (unpaired) electrons. The number of ether oxygens (including phenoxy) is 1. The summed E-state index contributed by atoms with van der Waals surface area (Å²) in [4.78, 5) is 15.0. The predicted octanol–water partition coefficient (Wildman–Crippen LogP) is 2.51. The van der Waals surface area contributed by atoms with Crippen LogP contribution in [0.25, 0.3) is 11.3 Å². The van der Waals surface area contributed by atoms with E-state index in [1.54, 1.807) is 6.20 Å². The summed E-state index contributed by atoms with van der Waals surface area (Å²) >= 11 is 0. The highest BCUT2D eigenvalue weighted by Gasteiger charge is 2.27. The van der Waals surface area contributed by atoms with Crippen molar-refractivity contribution in [2.75, 3.05) is 19.7 Å². The van der Waals surface area contributed by atoms with E-state index in [4.69, 9.17) is 4.74 Å². The van der Waals surface area contributed by atoms with Crippen LogP contribution >= 0.6 is 0 Å². The fourth-order valence-corrected chi connectivity index (χ4v) is 3.45. The topological polar surface area (TPSA) is 76.0 Å². The van der Waals surface area contributed by atoms with Gasteiger partial charge in [0.05, 0.1) is 18.3 Å². The second-order valence-electron chi connectivity index (χ2n) is 6.76. The van der Waals surface area contributed by atoms with Gasteiger partial charge >= 0.3 is 0 Å². The second-order valence-corrected chi connectivity index (χ2v) is 6.76. The first-order valence-electron chi connectivity index (χ1n) is 9.21. The van der Waals surface area contributed by atoms with Gasteiger partial charge in [-0.15, -0.1) is 0 Å². The molecule has 0 spiro atoms. The number of aromatic amines is 1. The van der Waals surface area contributed by atoms with Crippen LogP contribution in [0.1, 0.15) is 22.5 Å². The Morgan fingerprint density at radius 2 is 2.15 bits per heavy atom. The molecule has 1 fully saturated rings. The van der Waals surface area contributed by atoms with Crippen LogP contribution in [0.5, 0.6) is 0 Å². The van der Waals surface area contributed by atoms with Crippen LogP contribution in [0.3, 0.4) is 0 Å². The molecule has 0 aliphatic carbocycles. The lowest BCUT2D eigenvalue weighted by molar-refractivity contribution is 0.0365. The fourth-order valence-electron chi connectivity index (χ4n) is 3.45. The summed E-state index contributed by atoms with van der Waals surface area (Å²) in [7, 11) is 0. The van der Waals surface area contributed by atoms with Gasteiger partial charge in [0.15, 0.2) is 0 Å². The smallest absolute Gasteiger partial charge is 0.272 e. The average Bonchev–Trinajstić information content (AvgIpc) is 3.27. The maximum absolute atomic E-state index is 13.1. The minimum absolute atomic E-state index is 0.0295. The van der Waals surface area contributed by atoms with Gasteiger partial charge in [-0.1, -0.05) is 30.3 Å². The maximum atomic E-state index is 13.1. The lowest BCUT2D eigenvalue weighted by Gasteiger charge is -2.23. The van der Waals surface area contributed by atoms with Gasteiger partial charge in [-0.3, -0.25) is 14.6 Å². The average molecular weight is 365 g/mol. The first kappa shape index (κ1) is 17.5. The normalized spacial score (nSPS) is 17.7. The van der Waals surface area contributed by atoms with Gasteiger partial charge in [0.1, 0.15) is 5.69 Å². The van der Waals surface area contributed by atoms with Crippen molar-refractivity contribution >= 4 is 5.91 Å². The van der Waals surface area contributed by atoms with Crippen molar-refractivity contribution in [3.63, 3.8) is 0 Å². The summed E-state index contributed by atoms with van der Waals surface area (Å²) in [6.07, 6.45) is 4.40. The summed E-state index contributed by atoms with van der Waals surface area (Å²) in [6, 6.07) is 11.8. The molecule has 0 bridgehead atoms. The van der Waals surface area contributed by atoms with E-state index in [0.29, 0.717) is 31.9 Å². The van der Waals surface area contributed by atoms with Gasteiger partial charge < -0.3 is 9.64 Å². The SMILES string of the molecule is Cc1c(-c2ccccc2)n[nH]c1C(=O)N1CCCO[C@H](Cn2cccn2)C1. The third-order valence-electron chi connectivity index (χ3n) is 4.86. The number of H-pyrrole nitrogens is 1. The van der Waals surface area contributed by atoms with E-state index < -0.39 is 0 Å². The van der Waals surface area contributed by atoms with Gasteiger partial charge in [0.2, 0.25) is 0 Å². The molecule has 1 aromatic carbocycles. The number of nitrogens with zero attached hydrogens (tertiary/aromatic N) is 4. The number of aromatic nitrogens is 4. The van der Waals surface area contributed by atoms with Crippen molar-refractivity contribution < 1.29 is 9.53 Å². The Morgan fingerprint density at radius 1 is 1.30 bits per heavy atom. The Morgan fingerprint density at radius 3 is 2.93 bits per heavy atom. The van der Waals surface area contributed by atoms with Gasteiger partial charge in [-0.2, -0.15) is 10.2 Å². The summed E-state index contributed by atoms with van der Waals surface area (Å²) in [5, 5.41) is 11.6. The minimum Gasteiger partial charge on any atom is -0.374 e. The number of nitrogens with one attached hydrogen (secondary N) is 1. The van der Waals surface area contributed by atoms with E-state index in [1.165, 1.54) is 0 Å². The van der Waals surface area contributed by atoms with Crippen LogP contribution < -0.4 is 0 Å². The fraction of sp³-hybridized carbons (Fsp3) is 0.350. The molecule has 4 rings (SSSR count). The van der Waals surface area contributed by atoms with Gasteiger partial charge in [-0.05, 0) is 19.4 Å². The number of hydrogen-bond donors (Lipinski definition) is 1. The van der Waals surface area contributed by atoms with Gasteiger partial charge in [0, 0.05) is 43.2 Å². The van der Waals surface area contributed by atoms with E-state index in [2.05, 4.69) is 15.3 Å². The lowest BCUT2D eigenvalue weighted by atomic mass is 10.1. The highest BCUT2D eigenvalue weighted by Crippen LogP contribution is 2.24.